The van der Waals surface area contributed by atoms with Gasteiger partial charge in [0.25, 0.3) is 0 Å². The van der Waals surface area contributed by atoms with Crippen LogP contribution in [0.15, 0.2) is 6.07 Å². The summed E-state index contributed by atoms with van der Waals surface area (Å²) in [5.74, 6) is 0. The van der Waals surface area contributed by atoms with E-state index >= 15 is 0 Å². The van der Waals surface area contributed by atoms with Crippen LogP contribution in [0.3, 0.4) is 0 Å². The van der Waals surface area contributed by atoms with Crippen LogP contribution in [-0.4, -0.2) is 13.1 Å². The van der Waals surface area contributed by atoms with Crippen LogP contribution in [0, 0.1) is 44.4 Å². The Kier molecular flexibility index (Phi) is 3.96. The van der Waals surface area contributed by atoms with E-state index in [2.05, 4.69) is 45.1 Å². The topological polar surface area (TPSA) is 35.8 Å². The van der Waals surface area contributed by atoms with Crippen molar-refractivity contribution in [3.05, 3.63) is 33.9 Å². The van der Waals surface area contributed by atoms with Gasteiger partial charge in [-0.05, 0) is 81.3 Å². The predicted molar refractivity (Wildman–Crippen MR) is 79.2 cm³/mol. The summed E-state index contributed by atoms with van der Waals surface area (Å²) in [5.41, 5.74) is 7.05. The van der Waals surface area contributed by atoms with Crippen LogP contribution < -0.4 is 5.32 Å². The molecule has 0 radical (unpaired) electrons. The van der Waals surface area contributed by atoms with Gasteiger partial charge in [0, 0.05) is 6.54 Å². The molecule has 2 nitrogen and oxygen atoms in total. The van der Waals surface area contributed by atoms with Crippen LogP contribution >= 0.6 is 0 Å². The third-order valence-corrected chi connectivity index (χ3v) is 4.63. The Labute approximate surface area is 116 Å². The van der Waals surface area contributed by atoms with E-state index in [4.69, 9.17) is 5.26 Å². The normalized spacial score (nSPS) is 16.2. The lowest BCUT2D eigenvalue weighted by atomic mass is 9.92. The van der Waals surface area contributed by atoms with Gasteiger partial charge in [0.15, 0.2) is 0 Å². The average molecular weight is 256 g/mol. The van der Waals surface area contributed by atoms with Crippen LogP contribution in [0.4, 0.5) is 0 Å². The van der Waals surface area contributed by atoms with Crippen LogP contribution in [0.2, 0.25) is 0 Å². The number of nitrogens with one attached hydrogen (secondary N) is 1. The Morgan fingerprint density at radius 1 is 1.16 bits per heavy atom. The van der Waals surface area contributed by atoms with Gasteiger partial charge >= 0.3 is 0 Å². The summed E-state index contributed by atoms with van der Waals surface area (Å²) in [6.45, 7) is 10.6. The summed E-state index contributed by atoms with van der Waals surface area (Å²) in [6, 6.07) is 4.70. The highest BCUT2D eigenvalue weighted by atomic mass is 14.9. The molecule has 0 bridgehead atoms. The van der Waals surface area contributed by atoms with E-state index in [1.165, 1.54) is 27.8 Å². The number of rotatable bonds is 5. The van der Waals surface area contributed by atoms with E-state index in [0.29, 0.717) is 0 Å². The summed E-state index contributed by atoms with van der Waals surface area (Å²) in [5, 5.41) is 12.5. The number of benzene rings is 1. The minimum Gasteiger partial charge on any atom is -0.315 e. The molecule has 2 heteroatoms. The van der Waals surface area contributed by atoms with Gasteiger partial charge in [0.05, 0.1) is 11.5 Å². The lowest BCUT2D eigenvalue weighted by Gasteiger charge is -2.16. The van der Waals surface area contributed by atoms with E-state index in [9.17, 15) is 0 Å². The first-order valence-electron chi connectivity index (χ1n) is 7.17. The molecule has 1 saturated carbocycles. The molecule has 0 saturated heterocycles. The van der Waals surface area contributed by atoms with Gasteiger partial charge in [0.1, 0.15) is 0 Å². The smallest absolute Gasteiger partial charge is 0.0703 e. The maximum atomic E-state index is 9.04. The highest BCUT2D eigenvalue weighted by Crippen LogP contribution is 2.43. The van der Waals surface area contributed by atoms with Gasteiger partial charge in [0.2, 0.25) is 0 Å². The largest absolute Gasteiger partial charge is 0.315 e. The van der Waals surface area contributed by atoms with Crippen LogP contribution in [0.1, 0.15) is 40.7 Å². The lowest BCUT2D eigenvalue weighted by Crippen LogP contribution is -2.25. The molecule has 102 valence electrons. The molecule has 1 aliphatic rings. The molecule has 0 atom stereocenters. The maximum Gasteiger partial charge on any atom is 0.0703 e. The maximum absolute atomic E-state index is 9.04. The summed E-state index contributed by atoms with van der Waals surface area (Å²) in [6.07, 6.45) is 3.19. The van der Waals surface area contributed by atoms with Gasteiger partial charge in [-0.25, -0.2) is 0 Å². The molecule has 19 heavy (non-hydrogen) atoms. The van der Waals surface area contributed by atoms with Gasteiger partial charge in [-0.2, -0.15) is 5.26 Å². The first-order chi connectivity index (χ1) is 8.99. The van der Waals surface area contributed by atoms with E-state index < -0.39 is 0 Å². The van der Waals surface area contributed by atoms with Gasteiger partial charge < -0.3 is 5.32 Å². The molecular weight excluding hydrogens is 232 g/mol. The summed E-state index contributed by atoms with van der Waals surface area (Å²) >= 11 is 0. The van der Waals surface area contributed by atoms with Crippen molar-refractivity contribution in [3.63, 3.8) is 0 Å². The fourth-order valence-corrected chi connectivity index (χ4v) is 2.69. The third kappa shape index (κ3) is 2.98. The average Bonchev–Trinajstić information content (AvgIpc) is 3.16. The Bertz CT molecular complexity index is 493. The van der Waals surface area contributed by atoms with Crippen molar-refractivity contribution in [3.8, 4) is 6.07 Å². The molecule has 0 unspecified atom stereocenters. The summed E-state index contributed by atoms with van der Waals surface area (Å²) < 4.78 is 0. The fraction of sp³-hybridized carbons (Fsp3) is 0.588. The first-order valence-corrected chi connectivity index (χ1v) is 7.17. The van der Waals surface area contributed by atoms with Gasteiger partial charge in [-0.3, -0.25) is 0 Å². The molecule has 0 spiro atoms. The molecule has 0 amide bonds. The minimum absolute atomic E-state index is 0.0351. The molecule has 1 aromatic rings. The molecule has 0 aromatic heterocycles. The second kappa shape index (κ2) is 5.35. The molecule has 2 rings (SSSR count). The zero-order chi connectivity index (χ0) is 14.0. The van der Waals surface area contributed by atoms with Crippen molar-refractivity contribution in [2.75, 3.05) is 13.1 Å². The minimum atomic E-state index is -0.0351. The highest BCUT2D eigenvalue weighted by molar-refractivity contribution is 5.44. The molecular formula is C17H24N2. The van der Waals surface area contributed by atoms with Crippen molar-refractivity contribution < 1.29 is 0 Å². The Hall–Kier alpha value is -1.33. The second-order valence-corrected chi connectivity index (χ2v) is 6.06. The van der Waals surface area contributed by atoms with Crippen molar-refractivity contribution in [1.29, 1.82) is 5.26 Å². The summed E-state index contributed by atoms with van der Waals surface area (Å²) in [4.78, 5) is 0. The zero-order valence-electron chi connectivity index (χ0n) is 12.6. The van der Waals surface area contributed by atoms with Crippen LogP contribution in [0.25, 0.3) is 0 Å². The number of hydrogen-bond donors (Lipinski definition) is 1. The van der Waals surface area contributed by atoms with E-state index in [-0.39, 0.29) is 5.41 Å². The third-order valence-electron chi connectivity index (χ3n) is 4.63. The Balaban J connectivity index is 1.95. The lowest BCUT2D eigenvalue weighted by molar-refractivity contribution is 0.559. The molecule has 1 fully saturated rings. The van der Waals surface area contributed by atoms with Gasteiger partial charge in [-0.15, -0.1) is 0 Å². The first kappa shape index (κ1) is 14.1. The molecule has 1 aliphatic carbocycles. The van der Waals surface area contributed by atoms with Crippen molar-refractivity contribution >= 4 is 0 Å². The Morgan fingerprint density at radius 2 is 1.74 bits per heavy atom. The quantitative estimate of drug-likeness (QED) is 0.820. The second-order valence-electron chi connectivity index (χ2n) is 6.06. The van der Waals surface area contributed by atoms with Crippen molar-refractivity contribution in [1.82, 2.24) is 5.32 Å². The van der Waals surface area contributed by atoms with Crippen molar-refractivity contribution in [2.45, 2.75) is 47.0 Å². The number of nitrogens with zero attached hydrogens (tertiary/aromatic N) is 1. The summed E-state index contributed by atoms with van der Waals surface area (Å²) in [7, 11) is 0. The molecule has 0 heterocycles. The molecule has 1 aromatic carbocycles. The monoisotopic (exact) mass is 256 g/mol. The zero-order valence-corrected chi connectivity index (χ0v) is 12.6. The fourth-order valence-electron chi connectivity index (χ4n) is 2.69. The number of nitriles is 1. The van der Waals surface area contributed by atoms with Crippen LogP contribution in [-0.2, 0) is 6.42 Å². The highest BCUT2D eigenvalue weighted by Gasteiger charge is 2.42. The van der Waals surface area contributed by atoms with E-state index in [1.54, 1.807) is 0 Å². The molecule has 0 aliphatic heterocycles. The Morgan fingerprint density at radius 3 is 2.21 bits per heavy atom. The number of aryl methyl sites for hydroxylation is 2. The number of hydrogen-bond acceptors (Lipinski definition) is 2. The van der Waals surface area contributed by atoms with Gasteiger partial charge in [-0.1, -0.05) is 6.07 Å². The SMILES string of the molecule is Cc1cc(C)c(C)c(CCNCC2(C#N)CC2)c1C. The van der Waals surface area contributed by atoms with E-state index in [0.717, 1.165) is 32.4 Å². The predicted octanol–water partition coefficient (Wildman–Crippen LogP) is 3.36. The van der Waals surface area contributed by atoms with E-state index in [1.807, 2.05) is 0 Å². The standard InChI is InChI=1S/C17H24N2/c1-12-9-13(2)15(4)16(14(12)3)5-8-19-11-17(10-18)6-7-17/h9,19H,5-8,11H2,1-4H3. The van der Waals surface area contributed by atoms with Crippen molar-refractivity contribution in [2.24, 2.45) is 5.41 Å². The van der Waals surface area contributed by atoms with Crippen LogP contribution in [0.5, 0.6) is 0 Å². The molecule has 1 N–H and O–H groups in total.